The van der Waals surface area contributed by atoms with Crippen LogP contribution in [0.1, 0.15) is 24.2 Å². The highest BCUT2D eigenvalue weighted by Crippen LogP contribution is 2.14. The van der Waals surface area contributed by atoms with Crippen molar-refractivity contribution in [1.82, 2.24) is 10.3 Å². The number of H-pyrrole nitrogens is 1. The van der Waals surface area contributed by atoms with E-state index in [1.54, 1.807) is 24.3 Å². The Bertz CT molecular complexity index is 676. The van der Waals surface area contributed by atoms with Gasteiger partial charge in [-0.3, -0.25) is 9.59 Å². The molecule has 1 unspecified atom stereocenters. The number of hydrogen-bond acceptors (Lipinski definition) is 3. The Morgan fingerprint density at radius 3 is 2.75 bits per heavy atom. The van der Waals surface area contributed by atoms with E-state index in [1.165, 1.54) is 6.07 Å². The van der Waals surface area contributed by atoms with E-state index in [1.807, 2.05) is 13.8 Å². The molecule has 5 heteroatoms. The van der Waals surface area contributed by atoms with Crippen LogP contribution in [0.4, 0.5) is 0 Å². The Morgan fingerprint density at radius 2 is 2.05 bits per heavy atom. The van der Waals surface area contributed by atoms with Gasteiger partial charge in [0.1, 0.15) is 0 Å². The zero-order chi connectivity index (χ0) is 14.7. The predicted molar refractivity (Wildman–Crippen MR) is 77.7 cm³/mol. The number of aliphatic hydroxyl groups is 1. The Kier molecular flexibility index (Phi) is 4.20. The van der Waals surface area contributed by atoms with Gasteiger partial charge < -0.3 is 15.4 Å². The fourth-order valence-corrected chi connectivity index (χ4v) is 1.92. The molecular weight excluding hydrogens is 256 g/mol. The topological polar surface area (TPSA) is 82.2 Å². The number of pyridine rings is 1. The van der Waals surface area contributed by atoms with Crippen LogP contribution in [0.2, 0.25) is 0 Å². The summed E-state index contributed by atoms with van der Waals surface area (Å²) < 4.78 is 0. The van der Waals surface area contributed by atoms with E-state index in [0.717, 1.165) is 0 Å². The van der Waals surface area contributed by atoms with Crippen LogP contribution in [-0.4, -0.2) is 28.6 Å². The molecule has 5 nitrogen and oxygen atoms in total. The summed E-state index contributed by atoms with van der Waals surface area (Å²) >= 11 is 0. The molecule has 0 saturated heterocycles. The molecule has 0 spiro atoms. The Hall–Kier alpha value is -2.14. The number of benzene rings is 1. The van der Waals surface area contributed by atoms with Gasteiger partial charge >= 0.3 is 0 Å². The van der Waals surface area contributed by atoms with Crippen molar-refractivity contribution < 1.29 is 9.90 Å². The molecule has 2 rings (SSSR count). The van der Waals surface area contributed by atoms with Crippen LogP contribution in [0.25, 0.3) is 10.9 Å². The van der Waals surface area contributed by atoms with Crippen LogP contribution < -0.4 is 10.9 Å². The van der Waals surface area contributed by atoms with Crippen molar-refractivity contribution in [2.75, 3.05) is 6.54 Å². The predicted octanol–water partition coefficient (Wildman–Crippen LogP) is 1.27. The second-order valence-corrected chi connectivity index (χ2v) is 5.11. The maximum atomic E-state index is 12.2. The molecule has 0 fully saturated rings. The number of nitrogens with one attached hydrogen (secondary N) is 2. The molecule has 0 radical (unpaired) electrons. The summed E-state index contributed by atoms with van der Waals surface area (Å²) in [5.74, 6) is -0.293. The molecule has 1 amide bonds. The van der Waals surface area contributed by atoms with E-state index in [4.69, 9.17) is 0 Å². The minimum atomic E-state index is -0.604. The second kappa shape index (κ2) is 5.88. The van der Waals surface area contributed by atoms with Crippen LogP contribution in [0.5, 0.6) is 0 Å². The first kappa shape index (κ1) is 14.3. The fraction of sp³-hybridized carbons (Fsp3) is 0.333. The van der Waals surface area contributed by atoms with Crippen LogP contribution in [0.3, 0.4) is 0 Å². The zero-order valence-corrected chi connectivity index (χ0v) is 11.5. The molecule has 1 aromatic heterocycles. The Morgan fingerprint density at radius 1 is 1.35 bits per heavy atom. The third-order valence-electron chi connectivity index (χ3n) is 3.24. The van der Waals surface area contributed by atoms with Crippen molar-refractivity contribution in [3.05, 3.63) is 46.2 Å². The summed E-state index contributed by atoms with van der Waals surface area (Å²) in [5.41, 5.74) is 0.619. The van der Waals surface area contributed by atoms with E-state index in [-0.39, 0.29) is 23.9 Å². The van der Waals surface area contributed by atoms with Crippen molar-refractivity contribution in [2.24, 2.45) is 5.92 Å². The lowest BCUT2D eigenvalue weighted by Crippen LogP contribution is -2.35. The summed E-state index contributed by atoms with van der Waals surface area (Å²) in [6.45, 7) is 3.91. The Labute approximate surface area is 116 Å². The lowest BCUT2D eigenvalue weighted by molar-refractivity contribution is 0.0873. The van der Waals surface area contributed by atoms with Crippen LogP contribution >= 0.6 is 0 Å². The van der Waals surface area contributed by atoms with E-state index < -0.39 is 6.10 Å². The number of aromatic nitrogens is 1. The SMILES string of the molecule is CC(C)C(O)CNC(=O)c1cc(=O)[nH]c2ccccc12. The smallest absolute Gasteiger partial charge is 0.252 e. The van der Waals surface area contributed by atoms with Crippen molar-refractivity contribution in [1.29, 1.82) is 0 Å². The first-order chi connectivity index (χ1) is 9.49. The fourth-order valence-electron chi connectivity index (χ4n) is 1.92. The van der Waals surface area contributed by atoms with Crippen molar-refractivity contribution in [3.63, 3.8) is 0 Å². The van der Waals surface area contributed by atoms with E-state index in [9.17, 15) is 14.7 Å². The normalized spacial score (nSPS) is 12.6. The van der Waals surface area contributed by atoms with Gasteiger partial charge in [-0.05, 0) is 12.0 Å². The minimum Gasteiger partial charge on any atom is -0.391 e. The van der Waals surface area contributed by atoms with Crippen molar-refractivity contribution >= 4 is 16.8 Å². The van der Waals surface area contributed by atoms with Crippen molar-refractivity contribution in [2.45, 2.75) is 20.0 Å². The molecule has 3 N–H and O–H groups in total. The van der Waals surface area contributed by atoms with Crippen LogP contribution in [-0.2, 0) is 0 Å². The van der Waals surface area contributed by atoms with Gasteiger partial charge in [-0.15, -0.1) is 0 Å². The number of carbonyl (C=O) groups excluding carboxylic acids is 1. The maximum Gasteiger partial charge on any atom is 0.252 e. The Balaban J connectivity index is 2.28. The molecule has 106 valence electrons. The van der Waals surface area contributed by atoms with Gasteiger partial charge in [0, 0.05) is 23.5 Å². The molecule has 2 aromatic rings. The molecule has 1 atom stereocenters. The van der Waals surface area contributed by atoms with Gasteiger partial charge in [-0.2, -0.15) is 0 Å². The molecule has 20 heavy (non-hydrogen) atoms. The van der Waals surface area contributed by atoms with Crippen LogP contribution in [0, 0.1) is 5.92 Å². The number of aromatic amines is 1. The van der Waals surface area contributed by atoms with Gasteiger partial charge in [0.2, 0.25) is 5.56 Å². The number of carbonyl (C=O) groups is 1. The molecule has 0 aliphatic heterocycles. The molecule has 0 aliphatic carbocycles. The zero-order valence-electron chi connectivity index (χ0n) is 11.5. The third-order valence-corrected chi connectivity index (χ3v) is 3.24. The van der Waals surface area contributed by atoms with Gasteiger partial charge in [0.15, 0.2) is 0 Å². The van der Waals surface area contributed by atoms with Gasteiger partial charge in [0.05, 0.1) is 11.7 Å². The average molecular weight is 274 g/mol. The quantitative estimate of drug-likeness (QED) is 0.785. The highest BCUT2D eigenvalue weighted by molar-refractivity contribution is 6.05. The van der Waals surface area contributed by atoms with Gasteiger partial charge in [0.25, 0.3) is 5.91 Å². The van der Waals surface area contributed by atoms with Crippen molar-refractivity contribution in [3.8, 4) is 0 Å². The number of para-hydroxylation sites is 1. The van der Waals surface area contributed by atoms with Gasteiger partial charge in [-0.25, -0.2) is 0 Å². The van der Waals surface area contributed by atoms with E-state index in [0.29, 0.717) is 16.5 Å². The summed E-state index contributed by atoms with van der Waals surface area (Å²) in [6, 6.07) is 8.40. The van der Waals surface area contributed by atoms with Gasteiger partial charge in [-0.1, -0.05) is 32.0 Å². The van der Waals surface area contributed by atoms with E-state index >= 15 is 0 Å². The summed E-state index contributed by atoms with van der Waals surface area (Å²) in [6.07, 6.45) is -0.604. The number of hydrogen-bond donors (Lipinski definition) is 3. The second-order valence-electron chi connectivity index (χ2n) is 5.11. The van der Waals surface area contributed by atoms with Crippen LogP contribution in [0.15, 0.2) is 35.1 Å². The highest BCUT2D eigenvalue weighted by Gasteiger charge is 2.14. The molecule has 0 saturated carbocycles. The number of amides is 1. The molecule has 1 aromatic carbocycles. The first-order valence-electron chi connectivity index (χ1n) is 6.57. The summed E-state index contributed by atoms with van der Waals surface area (Å²) in [5, 5.41) is 13.0. The molecular formula is C15H18N2O3. The largest absolute Gasteiger partial charge is 0.391 e. The third kappa shape index (κ3) is 3.05. The minimum absolute atomic E-state index is 0.0613. The first-order valence-corrected chi connectivity index (χ1v) is 6.57. The highest BCUT2D eigenvalue weighted by atomic mass is 16.3. The average Bonchev–Trinajstić information content (AvgIpc) is 2.43. The summed E-state index contributed by atoms with van der Waals surface area (Å²) in [7, 11) is 0. The maximum absolute atomic E-state index is 12.2. The standard InChI is InChI=1S/C15H18N2O3/c1-9(2)13(18)8-16-15(20)11-7-14(19)17-12-6-4-3-5-10(11)12/h3-7,9,13,18H,8H2,1-2H3,(H,16,20)(H,17,19). The number of fused-ring (bicyclic) bond motifs is 1. The lowest BCUT2D eigenvalue weighted by Gasteiger charge is -2.15. The number of rotatable bonds is 4. The lowest BCUT2D eigenvalue weighted by atomic mass is 10.1. The number of aliphatic hydroxyl groups excluding tert-OH is 1. The molecule has 0 bridgehead atoms. The monoisotopic (exact) mass is 274 g/mol. The molecule has 1 heterocycles. The van der Waals surface area contributed by atoms with E-state index in [2.05, 4.69) is 10.3 Å². The summed E-state index contributed by atoms with van der Waals surface area (Å²) in [4.78, 5) is 26.4. The molecule has 0 aliphatic rings.